The van der Waals surface area contributed by atoms with Crippen LogP contribution in [0.3, 0.4) is 0 Å². The fraction of sp³-hybridized carbons (Fsp3) is 0.300. The molecule has 1 aliphatic rings. The highest BCUT2D eigenvalue weighted by Gasteiger charge is 2.33. The molecule has 146 valence electrons. The van der Waals surface area contributed by atoms with Crippen LogP contribution in [-0.4, -0.2) is 36.1 Å². The Labute approximate surface area is 171 Å². The van der Waals surface area contributed by atoms with Crippen LogP contribution in [0.4, 0.5) is 5.95 Å². The molecule has 2 heterocycles. The molecule has 0 aliphatic carbocycles. The molecule has 4 rings (SSSR count). The van der Waals surface area contributed by atoms with Crippen molar-refractivity contribution in [2.24, 2.45) is 0 Å². The SMILES string of the molecule is COc1ccc([C@@H]2C[C@@H](c3cccc(Br)c3)Nc3ncnn32)c(OC)c1OC. The summed E-state index contributed by atoms with van der Waals surface area (Å²) in [5, 5.41) is 7.92. The van der Waals surface area contributed by atoms with E-state index in [1.165, 1.54) is 5.56 Å². The van der Waals surface area contributed by atoms with Crippen molar-refractivity contribution in [1.29, 1.82) is 0 Å². The predicted octanol–water partition coefficient (Wildman–Crippen LogP) is 4.21. The van der Waals surface area contributed by atoms with E-state index in [1.807, 2.05) is 28.9 Å². The molecular formula is C20H21BrN4O3. The Kier molecular flexibility index (Phi) is 5.13. The standard InChI is InChI=1S/C20H21BrN4O3/c1-26-17-8-7-14(18(27-2)19(17)28-3)16-10-15(12-5-4-6-13(21)9-12)24-20-22-11-23-25(16)20/h4-9,11,15-16H,10H2,1-3H3,(H,22,23,24)/t15-,16-/m0/s1. The second-order valence-electron chi connectivity index (χ2n) is 6.46. The number of nitrogens with one attached hydrogen (secondary N) is 1. The number of aromatic nitrogens is 3. The minimum absolute atomic E-state index is 0.0718. The Hall–Kier alpha value is -2.74. The largest absolute Gasteiger partial charge is 0.493 e. The number of anilines is 1. The summed E-state index contributed by atoms with van der Waals surface area (Å²) in [4.78, 5) is 4.39. The number of hydrogen-bond acceptors (Lipinski definition) is 6. The van der Waals surface area contributed by atoms with Gasteiger partial charge in [-0.15, -0.1) is 0 Å². The molecule has 0 saturated heterocycles. The fourth-order valence-corrected chi connectivity index (χ4v) is 4.12. The first-order chi connectivity index (χ1) is 13.7. The number of halogens is 1. The number of methoxy groups -OCH3 is 3. The summed E-state index contributed by atoms with van der Waals surface area (Å²) in [5.74, 6) is 2.56. The van der Waals surface area contributed by atoms with Crippen LogP contribution in [0.2, 0.25) is 0 Å². The molecule has 0 fully saturated rings. The topological polar surface area (TPSA) is 70.4 Å². The summed E-state index contributed by atoms with van der Waals surface area (Å²) in [6.07, 6.45) is 2.34. The Morgan fingerprint density at radius 2 is 1.89 bits per heavy atom. The molecular weight excluding hydrogens is 424 g/mol. The number of fused-ring (bicyclic) bond motifs is 1. The fourth-order valence-electron chi connectivity index (χ4n) is 3.71. The van der Waals surface area contributed by atoms with Gasteiger partial charge in [0.25, 0.3) is 0 Å². The molecule has 1 aromatic heterocycles. The third-order valence-corrected chi connectivity index (χ3v) is 5.47. The highest BCUT2D eigenvalue weighted by atomic mass is 79.9. The van der Waals surface area contributed by atoms with Crippen molar-refractivity contribution in [3.63, 3.8) is 0 Å². The van der Waals surface area contributed by atoms with Gasteiger partial charge in [-0.2, -0.15) is 10.1 Å². The third kappa shape index (κ3) is 3.17. The summed E-state index contributed by atoms with van der Waals surface area (Å²) >= 11 is 3.56. The summed E-state index contributed by atoms with van der Waals surface area (Å²) in [6.45, 7) is 0. The smallest absolute Gasteiger partial charge is 0.222 e. The zero-order chi connectivity index (χ0) is 19.7. The van der Waals surface area contributed by atoms with Crippen molar-refractivity contribution < 1.29 is 14.2 Å². The van der Waals surface area contributed by atoms with Crippen LogP contribution < -0.4 is 19.5 Å². The van der Waals surface area contributed by atoms with Crippen LogP contribution in [0.15, 0.2) is 47.2 Å². The quantitative estimate of drug-likeness (QED) is 0.635. The van der Waals surface area contributed by atoms with E-state index in [-0.39, 0.29) is 12.1 Å². The number of rotatable bonds is 5. The van der Waals surface area contributed by atoms with Crippen molar-refractivity contribution >= 4 is 21.9 Å². The van der Waals surface area contributed by atoms with Crippen LogP contribution in [0.1, 0.15) is 29.6 Å². The van der Waals surface area contributed by atoms with Gasteiger partial charge in [0, 0.05) is 10.0 Å². The lowest BCUT2D eigenvalue weighted by molar-refractivity contribution is 0.315. The molecule has 7 nitrogen and oxygen atoms in total. The summed E-state index contributed by atoms with van der Waals surface area (Å²) in [6, 6.07) is 12.2. The van der Waals surface area contributed by atoms with E-state index in [0.29, 0.717) is 17.2 Å². The van der Waals surface area contributed by atoms with E-state index in [0.717, 1.165) is 22.4 Å². The van der Waals surface area contributed by atoms with Gasteiger partial charge in [0.15, 0.2) is 11.5 Å². The van der Waals surface area contributed by atoms with Gasteiger partial charge in [0.2, 0.25) is 11.7 Å². The first-order valence-electron chi connectivity index (χ1n) is 8.86. The molecule has 2 atom stereocenters. The second kappa shape index (κ2) is 7.71. The zero-order valence-corrected chi connectivity index (χ0v) is 17.4. The molecule has 0 bridgehead atoms. The average molecular weight is 445 g/mol. The average Bonchev–Trinajstić information content (AvgIpc) is 3.20. The molecule has 28 heavy (non-hydrogen) atoms. The van der Waals surface area contributed by atoms with E-state index in [2.05, 4.69) is 43.5 Å². The number of hydrogen-bond donors (Lipinski definition) is 1. The minimum Gasteiger partial charge on any atom is -0.493 e. The summed E-state index contributed by atoms with van der Waals surface area (Å²) < 4.78 is 19.6. The van der Waals surface area contributed by atoms with E-state index in [4.69, 9.17) is 14.2 Å². The molecule has 0 radical (unpaired) electrons. The van der Waals surface area contributed by atoms with Crippen molar-refractivity contribution in [3.8, 4) is 17.2 Å². The van der Waals surface area contributed by atoms with Crippen LogP contribution in [0.5, 0.6) is 17.2 Å². The van der Waals surface area contributed by atoms with Gasteiger partial charge in [-0.3, -0.25) is 0 Å². The molecule has 2 aromatic carbocycles. The Balaban J connectivity index is 1.81. The van der Waals surface area contributed by atoms with Crippen molar-refractivity contribution in [1.82, 2.24) is 14.8 Å². The Morgan fingerprint density at radius 1 is 1.07 bits per heavy atom. The van der Waals surface area contributed by atoms with E-state index in [1.54, 1.807) is 27.7 Å². The van der Waals surface area contributed by atoms with E-state index in [9.17, 15) is 0 Å². The van der Waals surface area contributed by atoms with Gasteiger partial charge in [0.1, 0.15) is 6.33 Å². The second-order valence-corrected chi connectivity index (χ2v) is 7.37. The van der Waals surface area contributed by atoms with Gasteiger partial charge in [-0.25, -0.2) is 4.68 Å². The normalized spacial score (nSPS) is 18.1. The lowest BCUT2D eigenvalue weighted by Gasteiger charge is -2.32. The van der Waals surface area contributed by atoms with Crippen LogP contribution in [0.25, 0.3) is 0 Å². The highest BCUT2D eigenvalue weighted by molar-refractivity contribution is 9.10. The van der Waals surface area contributed by atoms with Crippen molar-refractivity contribution in [2.75, 3.05) is 26.6 Å². The van der Waals surface area contributed by atoms with Gasteiger partial charge < -0.3 is 19.5 Å². The molecule has 8 heteroatoms. The Bertz CT molecular complexity index is 991. The van der Waals surface area contributed by atoms with Gasteiger partial charge in [-0.1, -0.05) is 28.1 Å². The lowest BCUT2D eigenvalue weighted by atomic mass is 9.92. The Morgan fingerprint density at radius 3 is 2.61 bits per heavy atom. The molecule has 3 aromatic rings. The van der Waals surface area contributed by atoms with Gasteiger partial charge in [-0.05, 0) is 36.2 Å². The maximum absolute atomic E-state index is 5.72. The lowest BCUT2D eigenvalue weighted by Crippen LogP contribution is -2.28. The van der Waals surface area contributed by atoms with Crippen LogP contribution >= 0.6 is 15.9 Å². The van der Waals surface area contributed by atoms with Gasteiger partial charge >= 0.3 is 0 Å². The number of benzene rings is 2. The summed E-state index contributed by atoms with van der Waals surface area (Å²) in [5.41, 5.74) is 2.14. The number of ether oxygens (including phenoxy) is 3. The molecule has 0 amide bonds. The third-order valence-electron chi connectivity index (χ3n) is 4.98. The van der Waals surface area contributed by atoms with Crippen LogP contribution in [0, 0.1) is 0 Å². The first-order valence-corrected chi connectivity index (χ1v) is 9.66. The molecule has 1 aliphatic heterocycles. The van der Waals surface area contributed by atoms with Crippen LogP contribution in [-0.2, 0) is 0 Å². The maximum Gasteiger partial charge on any atom is 0.222 e. The molecule has 0 unspecified atom stereocenters. The summed E-state index contributed by atoms with van der Waals surface area (Å²) in [7, 11) is 4.86. The minimum atomic E-state index is -0.0718. The highest BCUT2D eigenvalue weighted by Crippen LogP contribution is 2.46. The number of nitrogens with zero attached hydrogens (tertiary/aromatic N) is 3. The molecule has 1 N–H and O–H groups in total. The van der Waals surface area contributed by atoms with E-state index >= 15 is 0 Å². The first kappa shape index (κ1) is 18.6. The van der Waals surface area contributed by atoms with Gasteiger partial charge in [0.05, 0.1) is 33.4 Å². The predicted molar refractivity (Wildman–Crippen MR) is 109 cm³/mol. The van der Waals surface area contributed by atoms with Crippen molar-refractivity contribution in [2.45, 2.75) is 18.5 Å². The molecule has 0 spiro atoms. The van der Waals surface area contributed by atoms with E-state index < -0.39 is 0 Å². The monoisotopic (exact) mass is 444 g/mol. The van der Waals surface area contributed by atoms with Crippen molar-refractivity contribution in [3.05, 3.63) is 58.3 Å². The molecule has 0 saturated carbocycles. The maximum atomic E-state index is 5.72. The zero-order valence-electron chi connectivity index (χ0n) is 15.8.